The number of carbonyl (C=O) groups excluding carboxylic acids is 4. The van der Waals surface area contributed by atoms with Gasteiger partial charge in [-0.2, -0.15) is 0 Å². The van der Waals surface area contributed by atoms with Gasteiger partial charge in [0.05, 0.1) is 18.7 Å². The molecule has 314 valence electrons. The number of carbonyl (C=O) groups is 4. The summed E-state index contributed by atoms with van der Waals surface area (Å²) in [5.41, 5.74) is 2.93. The van der Waals surface area contributed by atoms with E-state index in [0.717, 1.165) is 87.4 Å². The molecule has 8 atom stereocenters. The van der Waals surface area contributed by atoms with Crippen molar-refractivity contribution >= 4 is 41.6 Å². The number of ketones is 1. The molecule has 0 spiro atoms. The zero-order chi connectivity index (χ0) is 41.9. The van der Waals surface area contributed by atoms with E-state index in [-0.39, 0.29) is 52.4 Å². The Labute approximate surface area is 348 Å². The fraction of sp³-hybridized carbons (Fsp3) is 0.708. The van der Waals surface area contributed by atoms with Crippen molar-refractivity contribution in [3.63, 3.8) is 0 Å². The highest BCUT2D eigenvalue weighted by Gasteiger charge is 2.67. The van der Waals surface area contributed by atoms with Crippen molar-refractivity contribution in [2.24, 2.45) is 56.7 Å². The summed E-state index contributed by atoms with van der Waals surface area (Å²) >= 11 is 6.33. The van der Waals surface area contributed by atoms with Crippen LogP contribution < -0.4 is 5.01 Å². The molecule has 0 radical (unpaired) electrons. The number of likely N-dealkylation sites (N-methyl/N-ethyl adjacent to an activating group) is 1. The molecule has 6 rings (SSSR count). The predicted molar refractivity (Wildman–Crippen MR) is 228 cm³/mol. The molecule has 5 aliphatic carbocycles. The summed E-state index contributed by atoms with van der Waals surface area (Å²) in [6, 6.07) is 7.83. The van der Waals surface area contributed by atoms with Gasteiger partial charge in [-0.1, -0.05) is 67.0 Å². The van der Waals surface area contributed by atoms with Crippen LogP contribution in [0.15, 0.2) is 47.2 Å². The van der Waals surface area contributed by atoms with Crippen LogP contribution in [0.1, 0.15) is 120 Å². The van der Waals surface area contributed by atoms with Gasteiger partial charge in [-0.25, -0.2) is 0 Å². The van der Waals surface area contributed by atoms with Crippen LogP contribution >= 0.6 is 11.6 Å². The maximum absolute atomic E-state index is 14.5. The minimum atomic E-state index is -0.733. The zero-order valence-electron chi connectivity index (χ0n) is 36.8. The normalized spacial score (nSPS) is 33.6. The molecule has 0 N–H and O–H groups in total. The molecule has 9 heteroatoms. The standard InChI is InChI=1S/C48H70ClN3O5/c1-31(2)42-36(55)28-48(39(21-27-53)52(26-25-50(9)10)51(11)33-14-12-32(49)13-15-33)24-18-35-34(43(42)48)16-17-38-46(35,7)22-19-37-45(5,6)40(20-23-47(37,38)8)57-41(56)29-44(3,4)30-54/h12-15,21,27,30-31,34-35,37-38,40H,16-20,22-26,28-29H2,1-11H3/b39-21-. The number of halogens is 1. The van der Waals surface area contributed by atoms with Gasteiger partial charge < -0.3 is 14.4 Å². The van der Waals surface area contributed by atoms with Crippen molar-refractivity contribution in [3.05, 3.63) is 52.2 Å². The summed E-state index contributed by atoms with van der Waals surface area (Å²) in [5.74, 6) is 1.67. The van der Waals surface area contributed by atoms with E-state index in [1.807, 2.05) is 24.3 Å². The van der Waals surface area contributed by atoms with Crippen LogP contribution in [0.4, 0.5) is 5.69 Å². The molecule has 0 aliphatic heterocycles. The number of hydrazine groups is 1. The number of fused-ring (bicyclic) bond motifs is 7. The van der Waals surface area contributed by atoms with E-state index in [2.05, 4.69) is 77.6 Å². The van der Waals surface area contributed by atoms with Gasteiger partial charge >= 0.3 is 5.97 Å². The first kappa shape index (κ1) is 43.6. The van der Waals surface area contributed by atoms with Gasteiger partial charge in [0.2, 0.25) is 0 Å². The third kappa shape index (κ3) is 7.57. The fourth-order valence-electron chi connectivity index (χ4n) is 13.5. The Morgan fingerprint density at radius 2 is 1.58 bits per heavy atom. The number of nitrogens with zero attached hydrogens (tertiary/aromatic N) is 3. The van der Waals surface area contributed by atoms with E-state index in [1.165, 1.54) is 5.57 Å². The molecular formula is C48H70ClN3O5. The Morgan fingerprint density at radius 1 is 0.912 bits per heavy atom. The van der Waals surface area contributed by atoms with Crippen molar-refractivity contribution in [1.29, 1.82) is 0 Å². The average Bonchev–Trinajstić information content (AvgIpc) is 3.45. The van der Waals surface area contributed by atoms with E-state index in [1.54, 1.807) is 19.9 Å². The third-order valence-electron chi connectivity index (χ3n) is 16.0. The van der Waals surface area contributed by atoms with Crippen LogP contribution in [0.5, 0.6) is 0 Å². The first-order valence-corrected chi connectivity index (χ1v) is 22.1. The Bertz CT molecular complexity index is 1780. The second kappa shape index (κ2) is 15.9. The number of hydrogen-bond donors (Lipinski definition) is 0. The first-order chi connectivity index (χ1) is 26.7. The fourth-order valence-corrected chi connectivity index (χ4v) is 13.6. The topological polar surface area (TPSA) is 87.2 Å². The lowest BCUT2D eigenvalue weighted by molar-refractivity contribution is -0.213. The van der Waals surface area contributed by atoms with Gasteiger partial charge in [-0.3, -0.25) is 24.4 Å². The lowest BCUT2D eigenvalue weighted by Crippen LogP contribution is -2.63. The first-order valence-electron chi connectivity index (χ1n) is 21.7. The van der Waals surface area contributed by atoms with E-state index in [9.17, 15) is 19.2 Å². The van der Waals surface area contributed by atoms with Crippen molar-refractivity contribution in [2.75, 3.05) is 39.2 Å². The number of ether oxygens (including phenoxy) is 1. The maximum atomic E-state index is 14.5. The number of rotatable bonds is 13. The molecule has 0 bridgehead atoms. The molecule has 5 aliphatic rings. The van der Waals surface area contributed by atoms with Crippen LogP contribution in [-0.2, 0) is 23.9 Å². The van der Waals surface area contributed by atoms with E-state index in [0.29, 0.717) is 35.7 Å². The number of aldehydes is 2. The van der Waals surface area contributed by atoms with E-state index >= 15 is 0 Å². The number of esters is 1. The molecule has 8 nitrogen and oxygen atoms in total. The Morgan fingerprint density at radius 3 is 2.19 bits per heavy atom. The number of Topliss-reactive ketones (excluding diaryl/α,β-unsaturated/α-hetero) is 1. The van der Waals surface area contributed by atoms with Crippen molar-refractivity contribution in [2.45, 2.75) is 126 Å². The summed E-state index contributed by atoms with van der Waals surface area (Å²) in [6.45, 7) is 19.1. The Kier molecular flexibility index (Phi) is 12.2. The van der Waals surface area contributed by atoms with E-state index in [4.69, 9.17) is 16.3 Å². The summed E-state index contributed by atoms with van der Waals surface area (Å²) < 4.78 is 6.25. The Hall–Kier alpha value is -2.97. The van der Waals surface area contributed by atoms with Crippen molar-refractivity contribution in [1.82, 2.24) is 9.91 Å². The highest BCUT2D eigenvalue weighted by atomic mass is 35.5. The van der Waals surface area contributed by atoms with Crippen LogP contribution in [0.3, 0.4) is 0 Å². The van der Waals surface area contributed by atoms with Gasteiger partial charge in [0.15, 0.2) is 5.78 Å². The highest BCUT2D eigenvalue weighted by Crippen LogP contribution is 2.73. The average molecular weight is 805 g/mol. The minimum absolute atomic E-state index is 0.0875. The molecule has 1 aromatic rings. The zero-order valence-corrected chi connectivity index (χ0v) is 37.5. The van der Waals surface area contributed by atoms with Gasteiger partial charge in [0.25, 0.3) is 0 Å². The second-order valence-corrected chi connectivity index (χ2v) is 21.3. The van der Waals surface area contributed by atoms with E-state index < -0.39 is 10.8 Å². The van der Waals surface area contributed by atoms with Crippen LogP contribution in [0.2, 0.25) is 5.02 Å². The smallest absolute Gasteiger partial charge is 0.307 e. The lowest BCUT2D eigenvalue weighted by atomic mass is 9.36. The summed E-state index contributed by atoms with van der Waals surface area (Å²) in [7, 11) is 6.19. The van der Waals surface area contributed by atoms with Gasteiger partial charge in [0, 0.05) is 47.0 Å². The quantitative estimate of drug-likeness (QED) is 0.0844. The van der Waals surface area contributed by atoms with Crippen molar-refractivity contribution < 1.29 is 23.9 Å². The number of hydrogen-bond acceptors (Lipinski definition) is 8. The molecular weight excluding hydrogens is 734 g/mol. The van der Waals surface area contributed by atoms with Crippen LogP contribution in [0.25, 0.3) is 0 Å². The second-order valence-electron chi connectivity index (χ2n) is 20.9. The minimum Gasteiger partial charge on any atom is -0.462 e. The lowest BCUT2D eigenvalue weighted by Gasteiger charge is -2.69. The molecule has 8 unspecified atom stereocenters. The number of benzene rings is 1. The summed E-state index contributed by atoms with van der Waals surface area (Å²) in [5, 5.41) is 5.08. The number of allylic oxidation sites excluding steroid dienone is 3. The number of anilines is 1. The summed E-state index contributed by atoms with van der Waals surface area (Å²) in [6.07, 6.45) is 11.9. The Balaban J connectivity index is 1.36. The van der Waals surface area contributed by atoms with Crippen molar-refractivity contribution in [3.8, 4) is 0 Å². The maximum Gasteiger partial charge on any atom is 0.307 e. The SMILES string of the molecule is CC(C)C1=C2C3CCC4C(C)(CCC5C(C)(C)C(OC(=O)CC(C)(C)C=O)CCC54C)C3CCC2(/C(=C/C=O)N(CCN(C)C)N(C)c2ccc(Cl)cc2)CC1=O. The van der Waals surface area contributed by atoms with Gasteiger partial charge in [-0.05, 0) is 147 Å². The molecule has 57 heavy (non-hydrogen) atoms. The molecule has 0 heterocycles. The van der Waals surface area contributed by atoms with Crippen LogP contribution in [-0.4, -0.2) is 74.6 Å². The molecule has 0 aromatic heterocycles. The highest BCUT2D eigenvalue weighted by molar-refractivity contribution is 6.30. The molecule has 0 saturated heterocycles. The predicted octanol–water partition coefficient (Wildman–Crippen LogP) is 9.76. The summed E-state index contributed by atoms with van der Waals surface area (Å²) in [4.78, 5) is 54.2. The molecule has 4 saturated carbocycles. The molecule has 4 fully saturated rings. The monoisotopic (exact) mass is 804 g/mol. The van der Waals surface area contributed by atoms with Crippen LogP contribution in [0, 0.1) is 56.7 Å². The third-order valence-corrected chi connectivity index (χ3v) is 16.3. The molecule has 1 aromatic carbocycles. The molecule has 0 amide bonds. The van der Waals surface area contributed by atoms with Gasteiger partial charge in [-0.15, -0.1) is 0 Å². The largest absolute Gasteiger partial charge is 0.462 e. The van der Waals surface area contributed by atoms with Gasteiger partial charge in [0.1, 0.15) is 18.7 Å².